The predicted molar refractivity (Wildman–Crippen MR) is 41.3 cm³/mol. The van der Waals surface area contributed by atoms with Gasteiger partial charge in [0, 0.05) is 5.71 Å². The van der Waals surface area contributed by atoms with Gasteiger partial charge in [-0.1, -0.05) is 6.92 Å². The average molecular weight is 137 g/mol. The summed E-state index contributed by atoms with van der Waals surface area (Å²) < 4.78 is 0. The lowest BCUT2D eigenvalue weighted by Crippen LogP contribution is -2.17. The highest BCUT2D eigenvalue weighted by Gasteiger charge is 2.11. The van der Waals surface area contributed by atoms with Gasteiger partial charge in [-0.25, -0.2) is 0 Å². The number of aliphatic imine (C=N–C) groups is 1. The Hall–Kier alpha value is -0.920. The molecular weight excluding hydrogens is 126 g/mol. The third kappa shape index (κ3) is 1.32. The molecule has 0 aromatic heterocycles. The van der Waals surface area contributed by atoms with Crippen LogP contribution >= 0.6 is 0 Å². The first-order valence-corrected chi connectivity index (χ1v) is 3.52. The van der Waals surface area contributed by atoms with Crippen LogP contribution in [0, 0.1) is 0 Å². The molecule has 0 aromatic carbocycles. The van der Waals surface area contributed by atoms with Crippen LogP contribution in [0.2, 0.25) is 0 Å². The van der Waals surface area contributed by atoms with Crippen molar-refractivity contribution in [2.45, 2.75) is 26.3 Å². The summed E-state index contributed by atoms with van der Waals surface area (Å²) in [5.41, 5.74) is 1.02. The van der Waals surface area contributed by atoms with E-state index in [4.69, 9.17) is 0 Å². The molecule has 0 bridgehead atoms. The molecule has 0 radical (unpaired) electrons. The van der Waals surface area contributed by atoms with Gasteiger partial charge in [-0.15, -0.1) is 0 Å². The fraction of sp³-hybridized carbons (Fsp3) is 0.500. The lowest BCUT2D eigenvalue weighted by atomic mass is 10.1. The number of hydrogen-bond donors (Lipinski definition) is 0. The van der Waals surface area contributed by atoms with Crippen molar-refractivity contribution in [2.75, 3.05) is 0 Å². The summed E-state index contributed by atoms with van der Waals surface area (Å²) in [5.74, 6) is 0.109. The fourth-order valence-corrected chi connectivity index (χ4v) is 0.882. The summed E-state index contributed by atoms with van der Waals surface area (Å²) >= 11 is 0. The summed E-state index contributed by atoms with van der Waals surface area (Å²) in [5, 5.41) is 0. The van der Waals surface area contributed by atoms with Crippen LogP contribution in [0.3, 0.4) is 0 Å². The molecule has 0 spiro atoms. The zero-order valence-corrected chi connectivity index (χ0v) is 6.29. The molecule has 0 amide bonds. The van der Waals surface area contributed by atoms with Crippen LogP contribution in [0.15, 0.2) is 17.1 Å². The number of carbonyl (C=O) groups is 1. The van der Waals surface area contributed by atoms with E-state index in [0.717, 1.165) is 12.1 Å². The molecule has 0 saturated carbocycles. The Morgan fingerprint density at radius 1 is 1.60 bits per heavy atom. The number of hydrogen-bond acceptors (Lipinski definition) is 2. The van der Waals surface area contributed by atoms with Gasteiger partial charge in [0.25, 0.3) is 0 Å². The molecule has 1 unspecified atom stereocenters. The Labute approximate surface area is 60.7 Å². The monoisotopic (exact) mass is 137 g/mol. The standard InChI is InChI=1S/C8H11NO/c1-3-7-4-5-8(10)6(2)9-7/h4-6H,3H2,1-2H3. The molecule has 0 fully saturated rings. The van der Waals surface area contributed by atoms with Gasteiger partial charge in [-0.2, -0.15) is 0 Å². The van der Waals surface area contributed by atoms with Crippen LogP contribution < -0.4 is 0 Å². The lowest BCUT2D eigenvalue weighted by Gasteiger charge is -2.08. The predicted octanol–water partition coefficient (Wildman–Crippen LogP) is 1.36. The Morgan fingerprint density at radius 3 is 2.80 bits per heavy atom. The molecular formula is C8H11NO. The zero-order valence-electron chi connectivity index (χ0n) is 6.29. The van der Waals surface area contributed by atoms with Crippen molar-refractivity contribution in [3.05, 3.63) is 12.2 Å². The topological polar surface area (TPSA) is 29.4 Å². The van der Waals surface area contributed by atoms with Gasteiger partial charge in [-0.05, 0) is 25.5 Å². The Kier molecular flexibility index (Phi) is 2.00. The van der Waals surface area contributed by atoms with Gasteiger partial charge in [0.05, 0.1) is 0 Å². The molecule has 54 valence electrons. The molecule has 0 aromatic rings. The van der Waals surface area contributed by atoms with Crippen molar-refractivity contribution in [2.24, 2.45) is 4.99 Å². The third-order valence-electron chi connectivity index (χ3n) is 1.57. The Bertz CT molecular complexity index is 203. The largest absolute Gasteiger partial charge is 0.292 e. The minimum Gasteiger partial charge on any atom is -0.292 e. The number of carbonyl (C=O) groups excluding carboxylic acids is 1. The molecule has 1 rings (SSSR count). The van der Waals surface area contributed by atoms with Gasteiger partial charge < -0.3 is 0 Å². The number of ketones is 1. The fourth-order valence-electron chi connectivity index (χ4n) is 0.882. The maximum absolute atomic E-state index is 10.9. The van der Waals surface area contributed by atoms with Crippen LogP contribution in [-0.2, 0) is 4.79 Å². The highest BCUT2D eigenvalue weighted by Crippen LogP contribution is 2.03. The van der Waals surface area contributed by atoms with Crippen LogP contribution in [0.5, 0.6) is 0 Å². The number of rotatable bonds is 1. The lowest BCUT2D eigenvalue weighted by molar-refractivity contribution is -0.115. The Balaban J connectivity index is 2.75. The van der Waals surface area contributed by atoms with Gasteiger partial charge in [0.2, 0.25) is 0 Å². The second-order valence-electron chi connectivity index (χ2n) is 2.39. The highest BCUT2D eigenvalue weighted by molar-refractivity contribution is 6.07. The molecule has 1 aliphatic rings. The van der Waals surface area contributed by atoms with E-state index >= 15 is 0 Å². The first kappa shape index (κ1) is 7.19. The first-order valence-electron chi connectivity index (χ1n) is 3.52. The highest BCUT2D eigenvalue weighted by atomic mass is 16.1. The van der Waals surface area contributed by atoms with Gasteiger partial charge in [-0.3, -0.25) is 9.79 Å². The quantitative estimate of drug-likeness (QED) is 0.536. The molecule has 1 aliphatic heterocycles. The molecule has 0 aliphatic carbocycles. The third-order valence-corrected chi connectivity index (χ3v) is 1.57. The second kappa shape index (κ2) is 2.78. The summed E-state index contributed by atoms with van der Waals surface area (Å²) in [6.45, 7) is 3.85. The molecule has 1 heterocycles. The number of dihydropyridines is 1. The van der Waals surface area contributed by atoms with Gasteiger partial charge >= 0.3 is 0 Å². The molecule has 0 N–H and O–H groups in total. The van der Waals surface area contributed by atoms with E-state index in [1.165, 1.54) is 0 Å². The van der Waals surface area contributed by atoms with E-state index in [1.807, 2.05) is 13.8 Å². The maximum Gasteiger partial charge on any atom is 0.179 e. The van der Waals surface area contributed by atoms with Crippen molar-refractivity contribution < 1.29 is 4.79 Å². The second-order valence-corrected chi connectivity index (χ2v) is 2.39. The molecule has 1 atom stereocenters. The molecule has 2 nitrogen and oxygen atoms in total. The van der Waals surface area contributed by atoms with Crippen molar-refractivity contribution in [1.29, 1.82) is 0 Å². The average Bonchev–Trinajstić information content (AvgIpc) is 1.95. The zero-order chi connectivity index (χ0) is 7.56. The van der Waals surface area contributed by atoms with Crippen molar-refractivity contribution in [3.8, 4) is 0 Å². The van der Waals surface area contributed by atoms with Gasteiger partial charge in [0.1, 0.15) is 6.04 Å². The SMILES string of the molecule is CCC1=NC(C)C(=O)C=C1. The van der Waals surface area contributed by atoms with Crippen molar-refractivity contribution in [3.63, 3.8) is 0 Å². The summed E-state index contributed by atoms with van der Waals surface area (Å²) in [6, 6.07) is -0.153. The van der Waals surface area contributed by atoms with Crippen LogP contribution in [0.4, 0.5) is 0 Å². The Morgan fingerprint density at radius 2 is 2.30 bits per heavy atom. The summed E-state index contributed by atoms with van der Waals surface area (Å²) in [7, 11) is 0. The van der Waals surface area contributed by atoms with Crippen LogP contribution in [0.1, 0.15) is 20.3 Å². The smallest absolute Gasteiger partial charge is 0.179 e. The van der Waals surface area contributed by atoms with Crippen molar-refractivity contribution >= 4 is 11.5 Å². The van der Waals surface area contributed by atoms with E-state index < -0.39 is 0 Å². The van der Waals surface area contributed by atoms with Crippen molar-refractivity contribution in [1.82, 2.24) is 0 Å². The number of allylic oxidation sites excluding steroid dienone is 1. The van der Waals surface area contributed by atoms with E-state index in [0.29, 0.717) is 0 Å². The van der Waals surface area contributed by atoms with Crippen LogP contribution in [-0.4, -0.2) is 17.5 Å². The van der Waals surface area contributed by atoms with E-state index in [2.05, 4.69) is 4.99 Å². The minimum absolute atomic E-state index is 0.109. The van der Waals surface area contributed by atoms with E-state index in [9.17, 15) is 4.79 Å². The normalized spacial score (nSPS) is 24.8. The summed E-state index contributed by atoms with van der Waals surface area (Å²) in [6.07, 6.45) is 4.31. The first-order chi connectivity index (χ1) is 4.74. The number of nitrogens with zero attached hydrogens (tertiary/aromatic N) is 1. The van der Waals surface area contributed by atoms with Gasteiger partial charge in [0.15, 0.2) is 5.78 Å². The molecule has 0 saturated heterocycles. The minimum atomic E-state index is -0.153. The van der Waals surface area contributed by atoms with Crippen LogP contribution in [0.25, 0.3) is 0 Å². The maximum atomic E-state index is 10.9. The van der Waals surface area contributed by atoms with E-state index in [1.54, 1.807) is 12.2 Å². The molecule has 2 heteroatoms. The molecule has 10 heavy (non-hydrogen) atoms. The summed E-state index contributed by atoms with van der Waals surface area (Å²) in [4.78, 5) is 15.0. The van der Waals surface area contributed by atoms with E-state index in [-0.39, 0.29) is 11.8 Å².